The van der Waals surface area contributed by atoms with Gasteiger partial charge in [-0.3, -0.25) is 0 Å². The highest BCUT2D eigenvalue weighted by molar-refractivity contribution is 5.86. The van der Waals surface area contributed by atoms with E-state index in [1.54, 1.807) is 0 Å². The second kappa shape index (κ2) is 6.01. The van der Waals surface area contributed by atoms with Crippen LogP contribution in [-0.2, 0) is 6.42 Å². The van der Waals surface area contributed by atoms with Gasteiger partial charge in [0.15, 0.2) is 0 Å². The Labute approximate surface area is 126 Å². The Balaban J connectivity index is 1.92. The molecule has 1 N–H and O–H groups in total. The van der Waals surface area contributed by atoms with E-state index >= 15 is 0 Å². The predicted octanol–water partition coefficient (Wildman–Crippen LogP) is 5.55. The first-order valence-corrected chi connectivity index (χ1v) is 7.61. The summed E-state index contributed by atoms with van der Waals surface area (Å²) < 4.78 is 0. The van der Waals surface area contributed by atoms with Gasteiger partial charge in [0, 0.05) is 23.0 Å². The van der Waals surface area contributed by atoms with E-state index in [1.807, 2.05) is 6.07 Å². The lowest BCUT2D eigenvalue weighted by Gasteiger charge is -2.06. The molecule has 0 spiro atoms. The van der Waals surface area contributed by atoms with Gasteiger partial charge in [0.25, 0.3) is 0 Å². The molecule has 3 aromatic rings. The summed E-state index contributed by atoms with van der Waals surface area (Å²) in [4.78, 5) is 3.45. The summed E-state index contributed by atoms with van der Waals surface area (Å²) in [7, 11) is 0. The van der Waals surface area contributed by atoms with Crippen molar-refractivity contribution in [2.24, 2.45) is 0 Å². The molecular weight excluding hydrogens is 254 g/mol. The number of rotatable bonds is 4. The number of nitrogens with one attached hydrogen (secondary N) is 1. The van der Waals surface area contributed by atoms with Crippen molar-refractivity contribution < 1.29 is 0 Å². The highest BCUT2D eigenvalue weighted by Crippen LogP contribution is 2.28. The number of aromatic amines is 1. The standard InChI is InChI=1S/C20H21N/c1-3-17-10-7-11-18-19(14-21-20(17)18)15(2)12-13-16-8-5-4-6-9-16/h4-15,21H,3H2,1-2H3/b13-12+. The first-order chi connectivity index (χ1) is 10.3. The number of benzene rings is 2. The number of aryl methyl sites for hydroxylation is 1. The fraction of sp³-hybridized carbons (Fsp3) is 0.200. The second-order valence-electron chi connectivity index (χ2n) is 5.50. The van der Waals surface area contributed by atoms with E-state index in [9.17, 15) is 0 Å². The summed E-state index contributed by atoms with van der Waals surface area (Å²) in [6, 6.07) is 17.0. The zero-order valence-electron chi connectivity index (χ0n) is 12.6. The van der Waals surface area contributed by atoms with Crippen LogP contribution in [0.25, 0.3) is 17.0 Å². The van der Waals surface area contributed by atoms with Crippen LogP contribution >= 0.6 is 0 Å². The van der Waals surface area contributed by atoms with E-state index in [1.165, 1.54) is 27.6 Å². The van der Waals surface area contributed by atoms with Gasteiger partial charge < -0.3 is 4.98 Å². The molecule has 1 unspecified atom stereocenters. The molecule has 0 amide bonds. The summed E-state index contributed by atoms with van der Waals surface area (Å²) in [5, 5.41) is 1.35. The molecule has 0 saturated carbocycles. The first-order valence-electron chi connectivity index (χ1n) is 7.61. The minimum Gasteiger partial charge on any atom is -0.361 e. The number of H-pyrrole nitrogens is 1. The zero-order valence-corrected chi connectivity index (χ0v) is 12.6. The summed E-state index contributed by atoms with van der Waals surface area (Å²) in [5.74, 6) is 0.395. The average molecular weight is 275 g/mol. The van der Waals surface area contributed by atoms with Crippen LogP contribution < -0.4 is 0 Å². The summed E-state index contributed by atoms with van der Waals surface area (Å²) >= 11 is 0. The van der Waals surface area contributed by atoms with E-state index in [-0.39, 0.29) is 0 Å². The van der Waals surface area contributed by atoms with Gasteiger partial charge in [-0.05, 0) is 23.1 Å². The molecule has 1 atom stereocenters. The molecular formula is C20H21N. The highest BCUT2D eigenvalue weighted by Gasteiger charge is 2.10. The van der Waals surface area contributed by atoms with E-state index in [0.717, 1.165) is 6.42 Å². The Morgan fingerprint density at radius 1 is 1.05 bits per heavy atom. The van der Waals surface area contributed by atoms with Crippen LogP contribution in [0.1, 0.15) is 36.5 Å². The van der Waals surface area contributed by atoms with E-state index < -0.39 is 0 Å². The maximum atomic E-state index is 3.45. The number of allylic oxidation sites excluding steroid dienone is 1. The van der Waals surface area contributed by atoms with Crippen LogP contribution in [0.2, 0.25) is 0 Å². The molecule has 1 nitrogen and oxygen atoms in total. The minimum atomic E-state index is 0.395. The normalized spacial score (nSPS) is 13.0. The van der Waals surface area contributed by atoms with Gasteiger partial charge in [-0.25, -0.2) is 0 Å². The molecule has 0 aliphatic rings. The van der Waals surface area contributed by atoms with Crippen molar-refractivity contribution in [2.75, 3.05) is 0 Å². The van der Waals surface area contributed by atoms with E-state index in [2.05, 4.69) is 79.6 Å². The van der Waals surface area contributed by atoms with Gasteiger partial charge in [0.2, 0.25) is 0 Å². The molecule has 0 fully saturated rings. The second-order valence-corrected chi connectivity index (χ2v) is 5.50. The van der Waals surface area contributed by atoms with Gasteiger partial charge in [0.05, 0.1) is 0 Å². The molecule has 0 radical (unpaired) electrons. The number of fused-ring (bicyclic) bond motifs is 1. The maximum absolute atomic E-state index is 3.45. The molecule has 0 aliphatic heterocycles. The van der Waals surface area contributed by atoms with Gasteiger partial charge >= 0.3 is 0 Å². The molecule has 1 heteroatoms. The lowest BCUT2D eigenvalue weighted by Crippen LogP contribution is -1.88. The predicted molar refractivity (Wildman–Crippen MR) is 91.6 cm³/mol. The van der Waals surface area contributed by atoms with Gasteiger partial charge in [-0.1, -0.05) is 74.5 Å². The van der Waals surface area contributed by atoms with Crippen LogP contribution in [0, 0.1) is 0 Å². The quantitative estimate of drug-likeness (QED) is 0.642. The van der Waals surface area contributed by atoms with E-state index in [4.69, 9.17) is 0 Å². The molecule has 2 aromatic carbocycles. The van der Waals surface area contributed by atoms with Crippen LogP contribution in [0.15, 0.2) is 60.8 Å². The van der Waals surface area contributed by atoms with Crippen LogP contribution in [0.4, 0.5) is 0 Å². The minimum absolute atomic E-state index is 0.395. The number of hydrogen-bond acceptors (Lipinski definition) is 0. The van der Waals surface area contributed by atoms with E-state index in [0.29, 0.717) is 5.92 Å². The first kappa shape index (κ1) is 13.7. The molecule has 1 aromatic heterocycles. The summed E-state index contributed by atoms with van der Waals surface area (Å²) in [6.07, 6.45) is 7.69. The highest BCUT2D eigenvalue weighted by atomic mass is 14.7. The average Bonchev–Trinajstić information content (AvgIpc) is 2.97. The largest absolute Gasteiger partial charge is 0.361 e. The lowest BCUT2D eigenvalue weighted by atomic mass is 9.97. The molecule has 0 bridgehead atoms. The molecule has 106 valence electrons. The number of hydrogen-bond donors (Lipinski definition) is 1. The molecule has 21 heavy (non-hydrogen) atoms. The molecule has 1 heterocycles. The Bertz CT molecular complexity index is 750. The maximum Gasteiger partial charge on any atom is 0.0489 e. The number of aromatic nitrogens is 1. The molecule has 3 rings (SSSR count). The summed E-state index contributed by atoms with van der Waals surface area (Å²) in [5.41, 5.74) is 5.29. The van der Waals surface area contributed by atoms with Crippen molar-refractivity contribution in [2.45, 2.75) is 26.2 Å². The fourth-order valence-electron chi connectivity index (χ4n) is 2.83. The van der Waals surface area contributed by atoms with Crippen molar-refractivity contribution >= 4 is 17.0 Å². The van der Waals surface area contributed by atoms with Gasteiger partial charge in [-0.2, -0.15) is 0 Å². The van der Waals surface area contributed by atoms with Crippen molar-refractivity contribution in [3.05, 3.63) is 77.5 Å². The number of para-hydroxylation sites is 1. The topological polar surface area (TPSA) is 15.8 Å². The van der Waals surface area contributed by atoms with Crippen LogP contribution in [0.3, 0.4) is 0 Å². The fourth-order valence-corrected chi connectivity index (χ4v) is 2.83. The zero-order chi connectivity index (χ0) is 14.7. The van der Waals surface area contributed by atoms with Gasteiger partial charge in [-0.15, -0.1) is 0 Å². The third-order valence-corrected chi connectivity index (χ3v) is 4.08. The van der Waals surface area contributed by atoms with Gasteiger partial charge in [0.1, 0.15) is 0 Å². The van der Waals surface area contributed by atoms with Crippen LogP contribution in [0.5, 0.6) is 0 Å². The van der Waals surface area contributed by atoms with Crippen molar-refractivity contribution in [3.8, 4) is 0 Å². The lowest BCUT2D eigenvalue weighted by molar-refractivity contribution is 0.984. The Morgan fingerprint density at radius 2 is 1.86 bits per heavy atom. The SMILES string of the molecule is CCc1cccc2c(C(C)/C=C/c3ccccc3)c[nH]c12. The third kappa shape index (κ3) is 2.78. The molecule has 0 saturated heterocycles. The monoisotopic (exact) mass is 275 g/mol. The van der Waals surface area contributed by atoms with Crippen molar-refractivity contribution in [3.63, 3.8) is 0 Å². The van der Waals surface area contributed by atoms with Crippen molar-refractivity contribution in [1.82, 2.24) is 4.98 Å². The summed E-state index contributed by atoms with van der Waals surface area (Å²) in [6.45, 7) is 4.45. The Hall–Kier alpha value is -2.28. The van der Waals surface area contributed by atoms with Crippen molar-refractivity contribution in [1.29, 1.82) is 0 Å². The third-order valence-electron chi connectivity index (χ3n) is 4.08. The Kier molecular flexibility index (Phi) is 3.92. The smallest absolute Gasteiger partial charge is 0.0489 e. The van der Waals surface area contributed by atoms with Crippen LogP contribution in [-0.4, -0.2) is 4.98 Å². The Morgan fingerprint density at radius 3 is 2.62 bits per heavy atom. The molecule has 0 aliphatic carbocycles.